The van der Waals surface area contributed by atoms with Gasteiger partial charge in [0.25, 0.3) is 0 Å². The fourth-order valence-electron chi connectivity index (χ4n) is 3.47. The van der Waals surface area contributed by atoms with E-state index in [0.29, 0.717) is 19.6 Å². The van der Waals surface area contributed by atoms with E-state index in [4.69, 9.17) is 4.74 Å². The number of piperidine rings is 1. The Morgan fingerprint density at radius 3 is 2.62 bits per heavy atom. The maximum Gasteiger partial charge on any atom is 0.317 e. The number of likely N-dealkylation sites (tertiary alicyclic amines) is 1. The van der Waals surface area contributed by atoms with Crippen LogP contribution in [0.1, 0.15) is 37.4 Å². The van der Waals surface area contributed by atoms with Gasteiger partial charge in [0, 0.05) is 26.2 Å². The van der Waals surface area contributed by atoms with E-state index < -0.39 is 6.10 Å². The normalized spacial score (nSPS) is 23.2. The van der Waals surface area contributed by atoms with Crippen molar-refractivity contribution >= 4 is 6.03 Å². The van der Waals surface area contributed by atoms with E-state index in [1.54, 1.807) is 17.0 Å². The molecule has 0 unspecified atom stereocenters. The molecule has 1 aromatic rings. The number of urea groups is 1. The van der Waals surface area contributed by atoms with Crippen molar-refractivity contribution < 1.29 is 19.0 Å². The molecule has 2 atom stereocenters. The molecule has 2 aliphatic rings. The summed E-state index contributed by atoms with van der Waals surface area (Å²) in [6.45, 7) is 2.60. The molecule has 5 nitrogen and oxygen atoms in total. The van der Waals surface area contributed by atoms with Gasteiger partial charge in [-0.05, 0) is 49.3 Å². The van der Waals surface area contributed by atoms with Gasteiger partial charge < -0.3 is 20.1 Å². The number of aliphatic hydroxyl groups excluding tert-OH is 1. The van der Waals surface area contributed by atoms with Crippen molar-refractivity contribution in [1.29, 1.82) is 0 Å². The third-order valence-corrected chi connectivity index (χ3v) is 4.99. The van der Waals surface area contributed by atoms with Crippen LogP contribution in [0.3, 0.4) is 0 Å². The van der Waals surface area contributed by atoms with Crippen LogP contribution in [0.4, 0.5) is 9.18 Å². The molecular weight excluding hydrogens is 311 g/mol. The molecule has 132 valence electrons. The highest BCUT2D eigenvalue weighted by Crippen LogP contribution is 2.30. The van der Waals surface area contributed by atoms with E-state index in [0.717, 1.165) is 37.9 Å². The number of halogens is 1. The van der Waals surface area contributed by atoms with Crippen LogP contribution in [-0.2, 0) is 4.74 Å². The molecule has 0 aromatic heterocycles. The van der Waals surface area contributed by atoms with Gasteiger partial charge in [-0.2, -0.15) is 0 Å². The first-order valence-corrected chi connectivity index (χ1v) is 8.71. The number of hydrogen-bond acceptors (Lipinski definition) is 3. The Labute approximate surface area is 141 Å². The van der Waals surface area contributed by atoms with Gasteiger partial charge in [-0.1, -0.05) is 12.1 Å². The van der Waals surface area contributed by atoms with Gasteiger partial charge in [0.1, 0.15) is 5.82 Å². The summed E-state index contributed by atoms with van der Waals surface area (Å²) in [5.74, 6) is -0.207. The number of hydrogen-bond donors (Lipinski definition) is 2. The molecule has 2 fully saturated rings. The Hall–Kier alpha value is -1.66. The summed E-state index contributed by atoms with van der Waals surface area (Å²) in [7, 11) is 0. The minimum absolute atomic E-state index is 0.0554. The molecule has 2 amide bonds. The van der Waals surface area contributed by atoms with Gasteiger partial charge >= 0.3 is 6.03 Å². The van der Waals surface area contributed by atoms with Crippen molar-refractivity contribution in [1.82, 2.24) is 10.2 Å². The number of nitrogens with zero attached hydrogens (tertiary/aromatic N) is 1. The van der Waals surface area contributed by atoms with Crippen LogP contribution >= 0.6 is 0 Å². The summed E-state index contributed by atoms with van der Waals surface area (Å²) in [5.41, 5.74) is 0.734. The molecule has 0 aliphatic carbocycles. The van der Waals surface area contributed by atoms with E-state index in [1.165, 1.54) is 12.1 Å². The number of benzene rings is 1. The molecule has 2 saturated heterocycles. The first-order chi connectivity index (χ1) is 11.6. The molecule has 0 spiro atoms. The Balaban J connectivity index is 1.44. The SMILES string of the molecule is O=C(NC[C@@H]1CCCO1)N1CCC([C@H](O)c2ccc(F)cc2)CC1. The van der Waals surface area contributed by atoms with Crippen molar-refractivity contribution in [3.05, 3.63) is 35.6 Å². The molecule has 3 rings (SSSR count). The summed E-state index contributed by atoms with van der Waals surface area (Å²) < 4.78 is 18.5. The molecule has 2 N–H and O–H groups in total. The summed E-state index contributed by atoms with van der Waals surface area (Å²) in [4.78, 5) is 14.0. The zero-order valence-electron chi connectivity index (χ0n) is 13.8. The molecule has 2 heterocycles. The van der Waals surface area contributed by atoms with Crippen molar-refractivity contribution in [3.8, 4) is 0 Å². The maximum atomic E-state index is 13.0. The zero-order chi connectivity index (χ0) is 16.9. The van der Waals surface area contributed by atoms with Crippen LogP contribution in [-0.4, -0.2) is 48.4 Å². The lowest BCUT2D eigenvalue weighted by Gasteiger charge is -2.34. The number of amides is 2. The average molecular weight is 336 g/mol. The fourth-order valence-corrected chi connectivity index (χ4v) is 3.47. The molecular formula is C18H25FN2O3. The number of carbonyl (C=O) groups excluding carboxylic acids is 1. The average Bonchev–Trinajstić information content (AvgIpc) is 3.13. The highest BCUT2D eigenvalue weighted by atomic mass is 19.1. The van der Waals surface area contributed by atoms with E-state index in [1.807, 2.05) is 0 Å². The van der Waals surface area contributed by atoms with Crippen LogP contribution in [0.2, 0.25) is 0 Å². The lowest BCUT2D eigenvalue weighted by atomic mass is 9.87. The second-order valence-corrected chi connectivity index (χ2v) is 6.64. The molecule has 0 radical (unpaired) electrons. The third-order valence-electron chi connectivity index (χ3n) is 4.99. The minimum atomic E-state index is -0.609. The molecule has 1 aromatic carbocycles. The minimum Gasteiger partial charge on any atom is -0.388 e. The summed E-state index contributed by atoms with van der Waals surface area (Å²) in [6.07, 6.45) is 3.09. The lowest BCUT2D eigenvalue weighted by molar-refractivity contribution is 0.0651. The molecule has 6 heteroatoms. The van der Waals surface area contributed by atoms with Gasteiger partial charge in [-0.25, -0.2) is 9.18 Å². The number of carbonyl (C=O) groups is 1. The van der Waals surface area contributed by atoms with Gasteiger partial charge in [-0.15, -0.1) is 0 Å². The Morgan fingerprint density at radius 2 is 2.00 bits per heavy atom. The summed E-state index contributed by atoms with van der Waals surface area (Å²) in [6, 6.07) is 5.93. The topological polar surface area (TPSA) is 61.8 Å². The van der Waals surface area contributed by atoms with Gasteiger partial charge in [-0.3, -0.25) is 0 Å². The highest BCUT2D eigenvalue weighted by molar-refractivity contribution is 5.74. The van der Waals surface area contributed by atoms with Crippen molar-refractivity contribution in [2.45, 2.75) is 37.9 Å². The van der Waals surface area contributed by atoms with Crippen LogP contribution in [0, 0.1) is 11.7 Å². The standard InChI is InChI=1S/C18H25FN2O3/c19-15-5-3-13(4-6-15)17(22)14-7-9-21(10-8-14)18(23)20-12-16-2-1-11-24-16/h3-6,14,16-17,22H,1-2,7-12H2,(H,20,23)/t16-,17+/m0/s1. The van der Waals surface area contributed by atoms with Gasteiger partial charge in [0.2, 0.25) is 0 Å². The number of ether oxygens (including phenoxy) is 1. The van der Waals surface area contributed by atoms with Crippen LogP contribution in [0.25, 0.3) is 0 Å². The Morgan fingerprint density at radius 1 is 1.29 bits per heavy atom. The first-order valence-electron chi connectivity index (χ1n) is 8.71. The van der Waals surface area contributed by atoms with Crippen LogP contribution in [0.5, 0.6) is 0 Å². The smallest absolute Gasteiger partial charge is 0.317 e. The third kappa shape index (κ3) is 4.24. The zero-order valence-corrected chi connectivity index (χ0v) is 13.8. The Bertz CT molecular complexity index is 538. The van der Waals surface area contributed by atoms with Crippen molar-refractivity contribution in [3.63, 3.8) is 0 Å². The van der Waals surface area contributed by atoms with E-state index in [9.17, 15) is 14.3 Å². The Kier molecular flexibility index (Phi) is 5.68. The first kappa shape index (κ1) is 17.2. The second kappa shape index (κ2) is 7.94. The van der Waals surface area contributed by atoms with Gasteiger partial charge in [0.05, 0.1) is 12.2 Å². The van der Waals surface area contributed by atoms with E-state index >= 15 is 0 Å². The predicted molar refractivity (Wildman–Crippen MR) is 88.0 cm³/mol. The second-order valence-electron chi connectivity index (χ2n) is 6.64. The molecule has 0 bridgehead atoms. The van der Waals surface area contributed by atoms with Crippen molar-refractivity contribution in [2.24, 2.45) is 5.92 Å². The van der Waals surface area contributed by atoms with Crippen LogP contribution in [0.15, 0.2) is 24.3 Å². The van der Waals surface area contributed by atoms with E-state index in [2.05, 4.69) is 5.32 Å². The van der Waals surface area contributed by atoms with Gasteiger partial charge in [0.15, 0.2) is 0 Å². The highest BCUT2D eigenvalue weighted by Gasteiger charge is 2.28. The molecule has 0 saturated carbocycles. The monoisotopic (exact) mass is 336 g/mol. The summed E-state index contributed by atoms with van der Waals surface area (Å²) in [5, 5.41) is 13.4. The van der Waals surface area contributed by atoms with Crippen molar-refractivity contribution in [2.75, 3.05) is 26.2 Å². The fraction of sp³-hybridized carbons (Fsp3) is 0.611. The van der Waals surface area contributed by atoms with Crippen LogP contribution < -0.4 is 5.32 Å². The number of aliphatic hydroxyl groups is 1. The molecule has 24 heavy (non-hydrogen) atoms. The van der Waals surface area contributed by atoms with E-state index in [-0.39, 0.29) is 23.9 Å². The molecule has 2 aliphatic heterocycles. The maximum absolute atomic E-state index is 13.0. The number of rotatable bonds is 4. The quantitative estimate of drug-likeness (QED) is 0.888. The lowest BCUT2D eigenvalue weighted by Crippen LogP contribution is -2.46. The summed E-state index contributed by atoms with van der Waals surface area (Å²) >= 11 is 0. The largest absolute Gasteiger partial charge is 0.388 e. The number of nitrogens with one attached hydrogen (secondary N) is 1. The predicted octanol–water partition coefficient (Wildman–Crippen LogP) is 2.46.